The molecule has 0 aliphatic rings. The van der Waals surface area contributed by atoms with E-state index in [0.29, 0.717) is 18.6 Å². The molecule has 35 heavy (non-hydrogen) atoms. The molecule has 0 amide bonds. The predicted molar refractivity (Wildman–Crippen MR) is 137 cm³/mol. The van der Waals surface area contributed by atoms with Gasteiger partial charge in [-0.2, -0.15) is 0 Å². The largest absolute Gasteiger partial charge is 0.507 e. The van der Waals surface area contributed by atoms with Gasteiger partial charge in [-0.15, -0.1) is 0 Å². The van der Waals surface area contributed by atoms with E-state index in [1.807, 2.05) is 67.6 Å². The maximum absolute atomic E-state index is 11.0. The SMILES string of the molecule is COc1ccc(COc2ccc(-c3cccc(COc4cc(O)c(C=O)cc4Cl)c3C)cc2)cc1. The van der Waals surface area contributed by atoms with Crippen molar-refractivity contribution >= 4 is 17.9 Å². The van der Waals surface area contributed by atoms with Crippen LogP contribution in [0.4, 0.5) is 0 Å². The second kappa shape index (κ2) is 11.0. The topological polar surface area (TPSA) is 65.0 Å². The van der Waals surface area contributed by atoms with Crippen LogP contribution in [0, 0.1) is 6.92 Å². The van der Waals surface area contributed by atoms with Crippen molar-refractivity contribution in [2.45, 2.75) is 20.1 Å². The van der Waals surface area contributed by atoms with E-state index >= 15 is 0 Å². The van der Waals surface area contributed by atoms with E-state index < -0.39 is 0 Å². The minimum Gasteiger partial charge on any atom is -0.507 e. The number of aromatic hydroxyl groups is 1. The van der Waals surface area contributed by atoms with Crippen molar-refractivity contribution < 1.29 is 24.1 Å². The van der Waals surface area contributed by atoms with Crippen molar-refractivity contribution in [3.05, 3.63) is 106 Å². The summed E-state index contributed by atoms with van der Waals surface area (Å²) < 4.78 is 17.0. The van der Waals surface area contributed by atoms with E-state index in [1.54, 1.807) is 7.11 Å². The Morgan fingerprint density at radius 1 is 0.886 bits per heavy atom. The van der Waals surface area contributed by atoms with Crippen LogP contribution in [-0.4, -0.2) is 18.5 Å². The second-order valence-electron chi connectivity index (χ2n) is 8.00. The lowest BCUT2D eigenvalue weighted by Crippen LogP contribution is -2.00. The Hall–Kier alpha value is -3.96. The van der Waals surface area contributed by atoms with Crippen LogP contribution in [0.1, 0.15) is 27.0 Å². The van der Waals surface area contributed by atoms with Crippen molar-refractivity contribution in [1.82, 2.24) is 0 Å². The zero-order valence-corrected chi connectivity index (χ0v) is 20.2. The van der Waals surface area contributed by atoms with Crippen LogP contribution < -0.4 is 14.2 Å². The maximum atomic E-state index is 11.0. The van der Waals surface area contributed by atoms with Gasteiger partial charge in [0.1, 0.15) is 36.2 Å². The monoisotopic (exact) mass is 488 g/mol. The highest BCUT2D eigenvalue weighted by molar-refractivity contribution is 6.32. The minimum atomic E-state index is -0.167. The van der Waals surface area contributed by atoms with Crippen molar-refractivity contribution in [3.63, 3.8) is 0 Å². The summed E-state index contributed by atoms with van der Waals surface area (Å²) in [5.74, 6) is 1.75. The van der Waals surface area contributed by atoms with Crippen LogP contribution in [-0.2, 0) is 13.2 Å². The summed E-state index contributed by atoms with van der Waals surface area (Å²) in [6.07, 6.45) is 0.550. The van der Waals surface area contributed by atoms with Crippen LogP contribution >= 0.6 is 11.6 Å². The number of phenolic OH excluding ortho intramolecular Hbond substituents is 1. The summed E-state index contributed by atoms with van der Waals surface area (Å²) >= 11 is 6.19. The molecular formula is C29H25ClO5. The number of methoxy groups -OCH3 is 1. The second-order valence-corrected chi connectivity index (χ2v) is 8.41. The third kappa shape index (κ3) is 5.76. The summed E-state index contributed by atoms with van der Waals surface area (Å²) in [4.78, 5) is 11.0. The van der Waals surface area contributed by atoms with Crippen LogP contribution in [0.15, 0.2) is 78.9 Å². The van der Waals surface area contributed by atoms with Gasteiger partial charge in [-0.1, -0.05) is 54.1 Å². The third-order valence-corrected chi connectivity index (χ3v) is 6.06. The molecule has 0 radical (unpaired) electrons. The highest BCUT2D eigenvalue weighted by atomic mass is 35.5. The molecule has 4 aromatic rings. The lowest BCUT2D eigenvalue weighted by atomic mass is 9.97. The zero-order chi connectivity index (χ0) is 24.8. The average Bonchev–Trinajstić information content (AvgIpc) is 2.89. The minimum absolute atomic E-state index is 0.122. The van der Waals surface area contributed by atoms with Gasteiger partial charge in [0.25, 0.3) is 0 Å². The van der Waals surface area contributed by atoms with Gasteiger partial charge in [0.15, 0.2) is 6.29 Å². The molecule has 0 atom stereocenters. The first-order valence-electron chi connectivity index (χ1n) is 11.0. The number of hydrogen-bond donors (Lipinski definition) is 1. The number of ether oxygens (including phenoxy) is 3. The van der Waals surface area contributed by atoms with Gasteiger partial charge in [-0.25, -0.2) is 0 Å². The Morgan fingerprint density at radius 2 is 1.60 bits per heavy atom. The number of halogens is 1. The molecular weight excluding hydrogens is 464 g/mol. The first-order chi connectivity index (χ1) is 17.0. The molecule has 178 valence electrons. The summed E-state index contributed by atoms with van der Waals surface area (Å²) in [6, 6.07) is 24.5. The van der Waals surface area contributed by atoms with Crippen molar-refractivity contribution in [3.8, 4) is 34.1 Å². The number of benzene rings is 4. The van der Waals surface area contributed by atoms with E-state index in [1.165, 1.54) is 12.1 Å². The third-order valence-electron chi connectivity index (χ3n) is 5.77. The average molecular weight is 489 g/mol. The van der Waals surface area contributed by atoms with E-state index in [0.717, 1.165) is 39.3 Å². The number of hydrogen-bond acceptors (Lipinski definition) is 5. The van der Waals surface area contributed by atoms with Crippen LogP contribution in [0.25, 0.3) is 11.1 Å². The molecule has 1 N–H and O–H groups in total. The molecule has 0 heterocycles. The molecule has 0 spiro atoms. The molecule has 0 aromatic heterocycles. The number of carbonyl (C=O) groups excluding carboxylic acids is 1. The Bertz CT molecular complexity index is 1310. The molecule has 0 fully saturated rings. The van der Waals surface area contributed by atoms with Gasteiger partial charge in [0.2, 0.25) is 0 Å². The Balaban J connectivity index is 1.44. The molecule has 0 saturated heterocycles. The summed E-state index contributed by atoms with van der Waals surface area (Å²) in [5.41, 5.74) is 5.39. The Kier molecular flexibility index (Phi) is 7.58. The van der Waals surface area contributed by atoms with Crippen LogP contribution in [0.3, 0.4) is 0 Å². The fourth-order valence-corrected chi connectivity index (χ4v) is 3.92. The highest BCUT2D eigenvalue weighted by Crippen LogP contribution is 2.33. The molecule has 0 unspecified atom stereocenters. The summed E-state index contributed by atoms with van der Waals surface area (Å²) in [7, 11) is 1.65. The molecule has 0 bridgehead atoms. The number of carbonyl (C=O) groups is 1. The summed E-state index contributed by atoms with van der Waals surface area (Å²) in [5, 5.41) is 10.2. The van der Waals surface area contributed by atoms with Gasteiger partial charge < -0.3 is 19.3 Å². The predicted octanol–water partition coefficient (Wildman–Crippen LogP) is 7.00. The lowest BCUT2D eigenvalue weighted by molar-refractivity contribution is 0.112. The smallest absolute Gasteiger partial charge is 0.153 e. The van der Waals surface area contributed by atoms with E-state index in [-0.39, 0.29) is 22.9 Å². The standard InChI is InChI=1S/C29H25ClO5/c1-19-22(18-35-29-15-28(32)23(16-31)14-27(29)30)4-3-5-26(19)21-8-12-25(13-9-21)34-17-20-6-10-24(33-2)11-7-20/h3-16,32H,17-18H2,1-2H3. The maximum Gasteiger partial charge on any atom is 0.153 e. The molecule has 0 saturated carbocycles. The number of aldehydes is 1. The molecule has 6 heteroatoms. The lowest BCUT2D eigenvalue weighted by Gasteiger charge is -2.14. The van der Waals surface area contributed by atoms with E-state index in [2.05, 4.69) is 6.07 Å². The summed E-state index contributed by atoms with van der Waals surface area (Å²) in [6.45, 7) is 2.78. The first-order valence-corrected chi connectivity index (χ1v) is 11.4. The van der Waals surface area contributed by atoms with Crippen molar-refractivity contribution in [2.75, 3.05) is 7.11 Å². The zero-order valence-electron chi connectivity index (χ0n) is 19.5. The van der Waals surface area contributed by atoms with E-state index in [9.17, 15) is 9.90 Å². The van der Waals surface area contributed by atoms with Gasteiger partial charge in [0.05, 0.1) is 17.7 Å². The van der Waals surface area contributed by atoms with Crippen LogP contribution in [0.5, 0.6) is 23.0 Å². The molecule has 4 rings (SSSR count). The van der Waals surface area contributed by atoms with Crippen molar-refractivity contribution in [2.24, 2.45) is 0 Å². The van der Waals surface area contributed by atoms with E-state index in [4.69, 9.17) is 25.8 Å². The normalized spacial score (nSPS) is 10.6. The highest BCUT2D eigenvalue weighted by Gasteiger charge is 2.11. The number of rotatable bonds is 9. The molecule has 5 nitrogen and oxygen atoms in total. The quantitative estimate of drug-likeness (QED) is 0.257. The van der Waals surface area contributed by atoms with Gasteiger partial charge >= 0.3 is 0 Å². The van der Waals surface area contributed by atoms with Crippen molar-refractivity contribution in [1.29, 1.82) is 0 Å². The van der Waals surface area contributed by atoms with Gasteiger partial charge in [-0.05, 0) is 65.1 Å². The fourth-order valence-electron chi connectivity index (χ4n) is 3.69. The fraction of sp³-hybridized carbons (Fsp3) is 0.138. The first kappa shape index (κ1) is 24.2. The molecule has 0 aliphatic heterocycles. The Morgan fingerprint density at radius 3 is 2.29 bits per heavy atom. The van der Waals surface area contributed by atoms with Crippen LogP contribution in [0.2, 0.25) is 5.02 Å². The van der Waals surface area contributed by atoms with Gasteiger partial charge in [0, 0.05) is 6.07 Å². The molecule has 0 aliphatic carbocycles. The molecule has 4 aromatic carbocycles. The van der Waals surface area contributed by atoms with Gasteiger partial charge in [-0.3, -0.25) is 4.79 Å². The Labute approximate surface area is 209 Å². The number of phenols is 1.